The van der Waals surface area contributed by atoms with E-state index in [4.69, 9.17) is 0 Å². The maximum Gasteiger partial charge on any atom is 0.123 e. The Hall–Kier alpha value is -2.74. The van der Waals surface area contributed by atoms with Gasteiger partial charge in [-0.1, -0.05) is 48.5 Å². The van der Waals surface area contributed by atoms with Crippen LogP contribution in [0.25, 0.3) is 11.1 Å². The normalized spacial score (nSPS) is 13.3. The van der Waals surface area contributed by atoms with Crippen molar-refractivity contribution in [1.29, 1.82) is 0 Å². The lowest BCUT2D eigenvalue weighted by Gasteiger charge is -2.10. The molecule has 3 aromatic rings. The van der Waals surface area contributed by atoms with Gasteiger partial charge in [-0.2, -0.15) is 0 Å². The highest BCUT2D eigenvalue weighted by atomic mass is 19.1. The number of hydrogen-bond acceptors (Lipinski definition) is 0. The van der Waals surface area contributed by atoms with E-state index in [0.717, 1.165) is 33.4 Å². The number of fused-ring (bicyclic) bond motifs is 1. The van der Waals surface area contributed by atoms with Crippen LogP contribution in [0.2, 0.25) is 0 Å². The number of hydrogen-bond donors (Lipinski definition) is 0. The molecule has 0 aromatic heterocycles. The minimum atomic E-state index is -0.257. The summed E-state index contributed by atoms with van der Waals surface area (Å²) >= 11 is 0. The third-order valence-corrected chi connectivity index (χ3v) is 4.26. The fourth-order valence-corrected chi connectivity index (χ4v) is 3.23. The Morgan fingerprint density at radius 3 is 2.09 bits per heavy atom. The van der Waals surface area contributed by atoms with Crippen LogP contribution in [0.4, 0.5) is 8.78 Å². The lowest BCUT2D eigenvalue weighted by Crippen LogP contribution is -1.90. The maximum atomic E-state index is 13.6. The molecule has 0 fully saturated rings. The van der Waals surface area contributed by atoms with Gasteiger partial charge in [-0.3, -0.25) is 0 Å². The molecule has 0 spiro atoms. The van der Waals surface area contributed by atoms with Crippen LogP contribution in [0, 0.1) is 11.6 Å². The highest BCUT2D eigenvalue weighted by Crippen LogP contribution is 2.42. The van der Waals surface area contributed by atoms with E-state index in [1.165, 1.54) is 18.2 Å². The molecular formula is C21H14F2. The van der Waals surface area contributed by atoms with Crippen molar-refractivity contribution in [3.8, 4) is 0 Å². The molecule has 0 aliphatic heterocycles. The van der Waals surface area contributed by atoms with E-state index in [2.05, 4.69) is 12.1 Å². The van der Waals surface area contributed by atoms with Crippen LogP contribution < -0.4 is 0 Å². The van der Waals surface area contributed by atoms with Gasteiger partial charge in [0.1, 0.15) is 11.6 Å². The molecule has 0 N–H and O–H groups in total. The van der Waals surface area contributed by atoms with Crippen LogP contribution in [-0.2, 0) is 6.42 Å². The van der Waals surface area contributed by atoms with Crippen LogP contribution in [0.1, 0.15) is 22.3 Å². The Morgan fingerprint density at radius 1 is 0.652 bits per heavy atom. The van der Waals surface area contributed by atoms with Crippen molar-refractivity contribution in [1.82, 2.24) is 0 Å². The average molecular weight is 304 g/mol. The Labute approximate surface area is 133 Å². The SMILES string of the molecule is Fc1ccc(C2=C(c3ccccc3)Cc3cc(F)ccc32)cc1. The summed E-state index contributed by atoms with van der Waals surface area (Å²) in [6.07, 6.45) is 0.684. The van der Waals surface area contributed by atoms with Crippen LogP contribution >= 0.6 is 0 Å². The van der Waals surface area contributed by atoms with Crippen LogP contribution in [-0.4, -0.2) is 0 Å². The number of benzene rings is 3. The van der Waals surface area contributed by atoms with Gasteiger partial charge in [-0.15, -0.1) is 0 Å². The third kappa shape index (κ3) is 2.46. The molecule has 0 saturated heterocycles. The van der Waals surface area contributed by atoms with Crippen molar-refractivity contribution in [2.45, 2.75) is 6.42 Å². The molecule has 2 heteroatoms. The fourth-order valence-electron chi connectivity index (χ4n) is 3.23. The molecule has 23 heavy (non-hydrogen) atoms. The zero-order valence-electron chi connectivity index (χ0n) is 12.4. The first-order valence-corrected chi connectivity index (χ1v) is 7.56. The Kier molecular flexibility index (Phi) is 3.30. The standard InChI is InChI=1S/C21H14F2/c22-17-8-6-15(7-9-17)21-19-11-10-18(23)12-16(19)13-20(21)14-4-2-1-3-5-14/h1-12H,13H2. The molecule has 0 amide bonds. The van der Waals surface area contributed by atoms with E-state index in [9.17, 15) is 8.78 Å². The first-order valence-electron chi connectivity index (χ1n) is 7.56. The van der Waals surface area contributed by atoms with E-state index in [1.807, 2.05) is 24.3 Å². The van der Waals surface area contributed by atoms with Crippen molar-refractivity contribution < 1.29 is 8.78 Å². The molecule has 0 atom stereocenters. The predicted molar refractivity (Wildman–Crippen MR) is 88.9 cm³/mol. The highest BCUT2D eigenvalue weighted by Gasteiger charge is 2.24. The molecule has 0 unspecified atom stereocenters. The Morgan fingerprint density at radius 2 is 1.35 bits per heavy atom. The average Bonchev–Trinajstić information content (AvgIpc) is 2.95. The minimum Gasteiger partial charge on any atom is -0.207 e. The predicted octanol–water partition coefficient (Wildman–Crippen LogP) is 5.48. The summed E-state index contributed by atoms with van der Waals surface area (Å²) in [6, 6.07) is 21.5. The maximum absolute atomic E-state index is 13.6. The van der Waals surface area contributed by atoms with E-state index in [0.29, 0.717) is 6.42 Å². The van der Waals surface area contributed by atoms with E-state index in [-0.39, 0.29) is 11.6 Å². The van der Waals surface area contributed by atoms with Gasteiger partial charge in [0.15, 0.2) is 0 Å². The molecule has 0 nitrogen and oxygen atoms in total. The summed E-state index contributed by atoms with van der Waals surface area (Å²) in [4.78, 5) is 0. The van der Waals surface area contributed by atoms with Gasteiger partial charge >= 0.3 is 0 Å². The van der Waals surface area contributed by atoms with Gasteiger partial charge in [-0.25, -0.2) is 8.78 Å². The van der Waals surface area contributed by atoms with Crippen molar-refractivity contribution in [3.05, 3.63) is 107 Å². The molecular weight excluding hydrogens is 290 g/mol. The molecule has 0 heterocycles. The first-order chi connectivity index (χ1) is 11.2. The van der Waals surface area contributed by atoms with Crippen molar-refractivity contribution in [2.24, 2.45) is 0 Å². The minimum absolute atomic E-state index is 0.225. The zero-order chi connectivity index (χ0) is 15.8. The second-order valence-corrected chi connectivity index (χ2v) is 5.70. The van der Waals surface area contributed by atoms with Gasteiger partial charge in [0.2, 0.25) is 0 Å². The summed E-state index contributed by atoms with van der Waals surface area (Å²) in [5, 5.41) is 0. The van der Waals surface area contributed by atoms with Crippen LogP contribution in [0.3, 0.4) is 0 Å². The highest BCUT2D eigenvalue weighted by molar-refractivity contribution is 6.03. The van der Waals surface area contributed by atoms with Crippen molar-refractivity contribution in [2.75, 3.05) is 0 Å². The summed E-state index contributed by atoms with van der Waals surface area (Å²) in [5.74, 6) is -0.482. The second kappa shape index (κ2) is 5.47. The number of allylic oxidation sites excluding steroid dienone is 1. The molecule has 0 radical (unpaired) electrons. The lowest BCUT2D eigenvalue weighted by molar-refractivity contribution is 0.626. The summed E-state index contributed by atoms with van der Waals surface area (Å²) < 4.78 is 26.9. The van der Waals surface area contributed by atoms with Gasteiger partial charge in [0.25, 0.3) is 0 Å². The van der Waals surface area contributed by atoms with Crippen molar-refractivity contribution in [3.63, 3.8) is 0 Å². The molecule has 3 aromatic carbocycles. The molecule has 4 rings (SSSR count). The zero-order valence-corrected chi connectivity index (χ0v) is 12.4. The largest absolute Gasteiger partial charge is 0.207 e. The third-order valence-electron chi connectivity index (χ3n) is 4.26. The number of halogens is 2. The quantitative estimate of drug-likeness (QED) is 0.588. The van der Waals surface area contributed by atoms with Crippen molar-refractivity contribution >= 4 is 11.1 Å². The number of rotatable bonds is 2. The monoisotopic (exact) mass is 304 g/mol. The van der Waals surface area contributed by atoms with Crippen LogP contribution in [0.5, 0.6) is 0 Å². The molecule has 1 aliphatic carbocycles. The lowest BCUT2D eigenvalue weighted by atomic mass is 9.94. The van der Waals surface area contributed by atoms with Gasteiger partial charge in [0, 0.05) is 0 Å². The molecule has 112 valence electrons. The molecule has 0 bridgehead atoms. The van der Waals surface area contributed by atoms with E-state index in [1.54, 1.807) is 18.2 Å². The second-order valence-electron chi connectivity index (χ2n) is 5.70. The van der Waals surface area contributed by atoms with Gasteiger partial charge in [-0.05, 0) is 64.1 Å². The summed E-state index contributed by atoms with van der Waals surface area (Å²) in [6.45, 7) is 0. The summed E-state index contributed by atoms with van der Waals surface area (Å²) in [5.41, 5.74) is 6.28. The van der Waals surface area contributed by atoms with Gasteiger partial charge < -0.3 is 0 Å². The topological polar surface area (TPSA) is 0 Å². The van der Waals surface area contributed by atoms with E-state index < -0.39 is 0 Å². The smallest absolute Gasteiger partial charge is 0.123 e. The summed E-state index contributed by atoms with van der Waals surface area (Å²) in [7, 11) is 0. The molecule has 0 saturated carbocycles. The molecule has 1 aliphatic rings. The van der Waals surface area contributed by atoms with Crippen LogP contribution in [0.15, 0.2) is 72.8 Å². The van der Waals surface area contributed by atoms with Gasteiger partial charge in [0.05, 0.1) is 0 Å². The van der Waals surface area contributed by atoms with E-state index >= 15 is 0 Å². The fraction of sp³-hybridized carbons (Fsp3) is 0.0476. The Balaban J connectivity index is 1.95. The first kappa shape index (κ1) is 13.9. The Bertz CT molecular complexity index is 891.